The summed E-state index contributed by atoms with van der Waals surface area (Å²) in [4.78, 5) is 6.91. The third-order valence-electron chi connectivity index (χ3n) is 3.18. The van der Waals surface area contributed by atoms with Crippen LogP contribution in [-0.4, -0.2) is 29.6 Å². The molecule has 1 aromatic heterocycles. The molecule has 2 rings (SSSR count). The molecule has 1 fully saturated rings. The SMILES string of the molecule is CC[C@H](N)c1ccc(N2CCCSCC2)cn1. The summed E-state index contributed by atoms with van der Waals surface area (Å²) in [6, 6.07) is 4.30. The zero-order valence-corrected chi connectivity index (χ0v) is 11.2. The van der Waals surface area contributed by atoms with Gasteiger partial charge in [-0.2, -0.15) is 11.8 Å². The summed E-state index contributed by atoms with van der Waals surface area (Å²) in [5, 5.41) is 0. The Bertz CT molecular complexity index is 331. The second-order valence-electron chi connectivity index (χ2n) is 4.41. The molecule has 1 aliphatic rings. The van der Waals surface area contributed by atoms with E-state index in [0.29, 0.717) is 0 Å². The Hall–Kier alpha value is -0.740. The molecule has 1 saturated heterocycles. The van der Waals surface area contributed by atoms with Crippen LogP contribution >= 0.6 is 11.8 Å². The van der Waals surface area contributed by atoms with Gasteiger partial charge in [0.05, 0.1) is 17.6 Å². The highest BCUT2D eigenvalue weighted by molar-refractivity contribution is 7.99. The summed E-state index contributed by atoms with van der Waals surface area (Å²) in [7, 11) is 0. The minimum Gasteiger partial charge on any atom is -0.369 e. The molecule has 0 spiro atoms. The Kier molecular flexibility index (Phi) is 4.68. The summed E-state index contributed by atoms with van der Waals surface area (Å²) in [6.45, 7) is 4.37. The lowest BCUT2D eigenvalue weighted by Gasteiger charge is -2.22. The molecule has 0 bridgehead atoms. The van der Waals surface area contributed by atoms with E-state index in [1.807, 2.05) is 18.0 Å². The van der Waals surface area contributed by atoms with Gasteiger partial charge in [0, 0.05) is 24.9 Å². The van der Waals surface area contributed by atoms with Crippen LogP contribution in [0.15, 0.2) is 18.3 Å². The van der Waals surface area contributed by atoms with E-state index in [-0.39, 0.29) is 6.04 Å². The van der Waals surface area contributed by atoms with Crippen LogP contribution in [0, 0.1) is 0 Å². The maximum Gasteiger partial charge on any atom is 0.0572 e. The molecule has 94 valence electrons. The first-order chi connectivity index (χ1) is 8.31. The number of aromatic nitrogens is 1. The lowest BCUT2D eigenvalue weighted by molar-refractivity contribution is 0.674. The fourth-order valence-electron chi connectivity index (χ4n) is 2.02. The number of rotatable bonds is 3. The summed E-state index contributed by atoms with van der Waals surface area (Å²) < 4.78 is 0. The van der Waals surface area contributed by atoms with Crippen LogP contribution in [0.25, 0.3) is 0 Å². The van der Waals surface area contributed by atoms with Crippen LogP contribution in [0.1, 0.15) is 31.5 Å². The van der Waals surface area contributed by atoms with Gasteiger partial charge in [-0.1, -0.05) is 6.92 Å². The van der Waals surface area contributed by atoms with Gasteiger partial charge >= 0.3 is 0 Å². The zero-order chi connectivity index (χ0) is 12.1. The summed E-state index contributed by atoms with van der Waals surface area (Å²) >= 11 is 2.04. The number of thioether (sulfide) groups is 1. The van der Waals surface area contributed by atoms with E-state index < -0.39 is 0 Å². The van der Waals surface area contributed by atoms with Crippen molar-refractivity contribution in [3.63, 3.8) is 0 Å². The van der Waals surface area contributed by atoms with E-state index >= 15 is 0 Å². The molecule has 1 aliphatic heterocycles. The van der Waals surface area contributed by atoms with Crippen molar-refractivity contribution < 1.29 is 0 Å². The van der Waals surface area contributed by atoms with Crippen LogP contribution in [0.4, 0.5) is 5.69 Å². The second-order valence-corrected chi connectivity index (χ2v) is 5.63. The summed E-state index contributed by atoms with van der Waals surface area (Å²) in [6.07, 6.45) is 4.18. The molecule has 0 aromatic carbocycles. The predicted octanol–water partition coefficient (Wildman–Crippen LogP) is 2.43. The first kappa shape index (κ1) is 12.7. The van der Waals surface area contributed by atoms with E-state index in [1.165, 1.54) is 23.6 Å². The standard InChI is InChI=1S/C13H21N3S/c1-2-12(14)13-5-4-11(10-15-13)16-6-3-8-17-9-7-16/h4-5,10,12H,2-3,6-9,14H2,1H3/t12-/m0/s1. The van der Waals surface area contributed by atoms with Crippen molar-refractivity contribution in [1.29, 1.82) is 0 Å². The molecule has 0 aliphatic carbocycles. The van der Waals surface area contributed by atoms with E-state index in [9.17, 15) is 0 Å². The average Bonchev–Trinajstić information content (AvgIpc) is 2.67. The number of pyridine rings is 1. The van der Waals surface area contributed by atoms with E-state index in [1.54, 1.807) is 0 Å². The summed E-state index contributed by atoms with van der Waals surface area (Å²) in [5.41, 5.74) is 8.20. The molecule has 1 atom stereocenters. The Morgan fingerprint density at radius 2 is 2.29 bits per heavy atom. The molecule has 17 heavy (non-hydrogen) atoms. The van der Waals surface area contributed by atoms with E-state index in [4.69, 9.17) is 5.73 Å². The average molecular weight is 251 g/mol. The Labute approximate surface area is 108 Å². The van der Waals surface area contributed by atoms with Crippen molar-refractivity contribution in [3.05, 3.63) is 24.0 Å². The van der Waals surface area contributed by atoms with Crippen molar-refractivity contribution in [2.24, 2.45) is 5.73 Å². The van der Waals surface area contributed by atoms with Gasteiger partial charge in [-0.3, -0.25) is 4.98 Å². The lowest BCUT2D eigenvalue weighted by atomic mass is 10.1. The highest BCUT2D eigenvalue weighted by Crippen LogP contribution is 2.20. The van der Waals surface area contributed by atoms with Gasteiger partial charge in [-0.15, -0.1) is 0 Å². The van der Waals surface area contributed by atoms with Gasteiger partial charge in [0.2, 0.25) is 0 Å². The fourth-order valence-corrected chi connectivity index (χ4v) is 2.90. The zero-order valence-electron chi connectivity index (χ0n) is 10.4. The molecule has 1 aromatic rings. The third-order valence-corrected chi connectivity index (χ3v) is 4.23. The van der Waals surface area contributed by atoms with Crippen molar-refractivity contribution in [1.82, 2.24) is 4.98 Å². The smallest absolute Gasteiger partial charge is 0.0572 e. The maximum atomic E-state index is 5.97. The van der Waals surface area contributed by atoms with Gasteiger partial charge in [0.15, 0.2) is 0 Å². The molecular weight excluding hydrogens is 230 g/mol. The number of hydrogen-bond donors (Lipinski definition) is 1. The first-order valence-electron chi connectivity index (χ1n) is 6.35. The van der Waals surface area contributed by atoms with E-state index in [0.717, 1.165) is 25.2 Å². The Balaban J connectivity index is 2.05. The molecule has 0 amide bonds. The molecule has 0 saturated carbocycles. The third kappa shape index (κ3) is 3.36. The molecular formula is C13H21N3S. The molecule has 0 unspecified atom stereocenters. The van der Waals surface area contributed by atoms with Crippen molar-refractivity contribution in [2.75, 3.05) is 29.5 Å². The van der Waals surface area contributed by atoms with Crippen LogP contribution < -0.4 is 10.6 Å². The van der Waals surface area contributed by atoms with Gasteiger partial charge in [0.1, 0.15) is 0 Å². The minimum absolute atomic E-state index is 0.0729. The van der Waals surface area contributed by atoms with Crippen LogP contribution in [-0.2, 0) is 0 Å². The summed E-state index contributed by atoms with van der Waals surface area (Å²) in [5.74, 6) is 2.50. The molecule has 0 radical (unpaired) electrons. The number of hydrogen-bond acceptors (Lipinski definition) is 4. The van der Waals surface area contributed by atoms with Crippen LogP contribution in [0.5, 0.6) is 0 Å². The topological polar surface area (TPSA) is 42.1 Å². The first-order valence-corrected chi connectivity index (χ1v) is 7.51. The molecule has 2 N–H and O–H groups in total. The van der Waals surface area contributed by atoms with Crippen molar-refractivity contribution >= 4 is 17.4 Å². The minimum atomic E-state index is 0.0729. The highest BCUT2D eigenvalue weighted by atomic mass is 32.2. The monoisotopic (exact) mass is 251 g/mol. The number of nitrogens with two attached hydrogens (primary N) is 1. The van der Waals surface area contributed by atoms with E-state index in [2.05, 4.69) is 28.9 Å². The van der Waals surface area contributed by atoms with Gasteiger partial charge < -0.3 is 10.6 Å². The molecule has 2 heterocycles. The fraction of sp³-hybridized carbons (Fsp3) is 0.615. The predicted molar refractivity (Wildman–Crippen MR) is 75.6 cm³/mol. The van der Waals surface area contributed by atoms with Crippen molar-refractivity contribution in [2.45, 2.75) is 25.8 Å². The normalized spacial score (nSPS) is 18.8. The highest BCUT2D eigenvalue weighted by Gasteiger charge is 2.11. The van der Waals surface area contributed by atoms with Crippen LogP contribution in [0.2, 0.25) is 0 Å². The Morgan fingerprint density at radius 3 is 3.00 bits per heavy atom. The van der Waals surface area contributed by atoms with Crippen LogP contribution in [0.3, 0.4) is 0 Å². The molecule has 3 nitrogen and oxygen atoms in total. The second kappa shape index (κ2) is 6.26. The number of nitrogens with zero attached hydrogens (tertiary/aromatic N) is 2. The quantitative estimate of drug-likeness (QED) is 0.896. The maximum absolute atomic E-state index is 5.97. The Morgan fingerprint density at radius 1 is 1.41 bits per heavy atom. The number of anilines is 1. The van der Waals surface area contributed by atoms with Gasteiger partial charge in [-0.25, -0.2) is 0 Å². The lowest BCUT2D eigenvalue weighted by Crippen LogP contribution is -2.25. The molecule has 4 heteroatoms. The van der Waals surface area contributed by atoms with Gasteiger partial charge in [-0.05, 0) is 30.7 Å². The van der Waals surface area contributed by atoms with Crippen molar-refractivity contribution in [3.8, 4) is 0 Å². The largest absolute Gasteiger partial charge is 0.369 e. The van der Waals surface area contributed by atoms with Gasteiger partial charge in [0.25, 0.3) is 0 Å².